The number of likely N-dealkylation sites (N-methyl/N-ethyl adjacent to an activating group) is 1. The minimum atomic E-state index is -0.492. The van der Waals surface area contributed by atoms with Gasteiger partial charge in [0.15, 0.2) is 0 Å². The predicted molar refractivity (Wildman–Crippen MR) is 90.6 cm³/mol. The first kappa shape index (κ1) is 16.7. The van der Waals surface area contributed by atoms with Crippen LogP contribution in [0.2, 0.25) is 0 Å². The van der Waals surface area contributed by atoms with Crippen LogP contribution in [0.25, 0.3) is 10.9 Å². The van der Waals surface area contributed by atoms with Crippen molar-refractivity contribution in [1.29, 1.82) is 0 Å². The predicted octanol–water partition coefficient (Wildman–Crippen LogP) is 1.22. The zero-order valence-corrected chi connectivity index (χ0v) is 13.5. The fourth-order valence-electron chi connectivity index (χ4n) is 2.63. The molecule has 0 fully saturated rings. The number of amides is 1. The number of carbonyl (C=O) groups excluding carboxylic acids is 1. The van der Waals surface area contributed by atoms with Gasteiger partial charge in [0.1, 0.15) is 6.54 Å². The van der Waals surface area contributed by atoms with Crippen LogP contribution in [-0.4, -0.2) is 33.0 Å². The molecule has 6 heteroatoms. The lowest BCUT2D eigenvalue weighted by atomic mass is 10.2. The smallest absolute Gasteiger partial charge is 0.332 e. The summed E-state index contributed by atoms with van der Waals surface area (Å²) >= 11 is 0. The molecule has 1 aromatic heterocycles. The standard InChI is InChI=1S/C17H21N3O3/c1-4-11-19-16(22)13-9-7-8-10-14(13)20(17(19)23)12-15(21)18(5-2)6-3/h4,7-10H,1,5-6,11-12H2,2-3H3. The molecule has 0 N–H and O–H groups in total. The molecule has 0 unspecified atom stereocenters. The Hall–Kier alpha value is -2.63. The van der Waals surface area contributed by atoms with E-state index < -0.39 is 5.69 Å². The van der Waals surface area contributed by atoms with Crippen LogP contribution in [0.3, 0.4) is 0 Å². The van der Waals surface area contributed by atoms with Gasteiger partial charge in [-0.2, -0.15) is 0 Å². The number of fused-ring (bicyclic) bond motifs is 1. The van der Waals surface area contributed by atoms with Crippen molar-refractivity contribution in [1.82, 2.24) is 14.0 Å². The Morgan fingerprint density at radius 3 is 2.43 bits per heavy atom. The molecule has 0 aliphatic heterocycles. The highest BCUT2D eigenvalue weighted by atomic mass is 16.2. The summed E-state index contributed by atoms with van der Waals surface area (Å²) in [5.41, 5.74) is -0.380. The summed E-state index contributed by atoms with van der Waals surface area (Å²) in [5.74, 6) is -0.147. The molecule has 0 aliphatic rings. The number of para-hydroxylation sites is 1. The number of allylic oxidation sites excluding steroid dienone is 1. The highest BCUT2D eigenvalue weighted by Crippen LogP contribution is 2.08. The quantitative estimate of drug-likeness (QED) is 0.753. The molecule has 1 aromatic carbocycles. The van der Waals surface area contributed by atoms with Gasteiger partial charge in [-0.15, -0.1) is 6.58 Å². The van der Waals surface area contributed by atoms with E-state index in [0.29, 0.717) is 24.0 Å². The minimum Gasteiger partial charge on any atom is -0.342 e. The van der Waals surface area contributed by atoms with Crippen molar-refractivity contribution >= 4 is 16.8 Å². The van der Waals surface area contributed by atoms with Crippen molar-refractivity contribution in [3.05, 3.63) is 57.8 Å². The molecule has 6 nitrogen and oxygen atoms in total. The fourth-order valence-corrected chi connectivity index (χ4v) is 2.63. The topological polar surface area (TPSA) is 64.3 Å². The van der Waals surface area contributed by atoms with E-state index >= 15 is 0 Å². The van der Waals surface area contributed by atoms with Crippen LogP contribution in [0.15, 0.2) is 46.5 Å². The molecule has 0 atom stereocenters. The maximum Gasteiger partial charge on any atom is 0.332 e. The molecule has 0 aliphatic carbocycles. The summed E-state index contributed by atoms with van der Waals surface area (Å²) in [6.45, 7) is 8.54. The van der Waals surface area contributed by atoms with Gasteiger partial charge in [0.2, 0.25) is 5.91 Å². The van der Waals surface area contributed by atoms with Crippen LogP contribution in [0.4, 0.5) is 0 Å². The maximum atomic E-state index is 12.6. The lowest BCUT2D eigenvalue weighted by Crippen LogP contribution is -2.43. The Morgan fingerprint density at radius 2 is 1.83 bits per heavy atom. The van der Waals surface area contributed by atoms with Gasteiger partial charge in [0.05, 0.1) is 10.9 Å². The molecule has 0 saturated heterocycles. The van der Waals surface area contributed by atoms with E-state index in [0.717, 1.165) is 4.57 Å². The monoisotopic (exact) mass is 315 g/mol. The second-order valence-corrected chi connectivity index (χ2v) is 5.16. The van der Waals surface area contributed by atoms with Crippen molar-refractivity contribution in [3.8, 4) is 0 Å². The zero-order chi connectivity index (χ0) is 17.0. The van der Waals surface area contributed by atoms with Gasteiger partial charge < -0.3 is 4.90 Å². The highest BCUT2D eigenvalue weighted by Gasteiger charge is 2.16. The first-order valence-electron chi connectivity index (χ1n) is 7.66. The number of rotatable bonds is 6. The summed E-state index contributed by atoms with van der Waals surface area (Å²) in [6.07, 6.45) is 1.49. The van der Waals surface area contributed by atoms with E-state index in [-0.39, 0.29) is 24.6 Å². The lowest BCUT2D eigenvalue weighted by Gasteiger charge is -2.20. The molecule has 23 heavy (non-hydrogen) atoms. The zero-order valence-electron chi connectivity index (χ0n) is 13.5. The average Bonchev–Trinajstić information content (AvgIpc) is 2.56. The van der Waals surface area contributed by atoms with Crippen molar-refractivity contribution < 1.29 is 4.79 Å². The van der Waals surface area contributed by atoms with E-state index in [2.05, 4.69) is 6.58 Å². The van der Waals surface area contributed by atoms with Gasteiger partial charge in [-0.05, 0) is 26.0 Å². The molecule has 0 saturated carbocycles. The first-order valence-corrected chi connectivity index (χ1v) is 7.66. The van der Waals surface area contributed by atoms with Gasteiger partial charge in [-0.25, -0.2) is 4.79 Å². The average molecular weight is 315 g/mol. The molecular weight excluding hydrogens is 294 g/mol. The second-order valence-electron chi connectivity index (χ2n) is 5.16. The van der Waals surface area contributed by atoms with E-state index in [4.69, 9.17) is 0 Å². The van der Waals surface area contributed by atoms with Crippen LogP contribution in [-0.2, 0) is 17.9 Å². The van der Waals surface area contributed by atoms with Gasteiger partial charge in [-0.1, -0.05) is 18.2 Å². The number of carbonyl (C=O) groups is 1. The molecule has 0 radical (unpaired) electrons. The number of aromatic nitrogens is 2. The minimum absolute atomic E-state index is 0.0849. The van der Waals surface area contributed by atoms with Gasteiger partial charge in [0.25, 0.3) is 5.56 Å². The van der Waals surface area contributed by atoms with Crippen LogP contribution < -0.4 is 11.2 Å². The van der Waals surface area contributed by atoms with Crippen molar-refractivity contribution in [2.45, 2.75) is 26.9 Å². The van der Waals surface area contributed by atoms with Gasteiger partial charge in [-0.3, -0.25) is 18.7 Å². The number of hydrogen-bond acceptors (Lipinski definition) is 3. The number of nitrogens with zero attached hydrogens (tertiary/aromatic N) is 3. The molecule has 0 bridgehead atoms. The summed E-state index contributed by atoms with van der Waals surface area (Å²) in [7, 11) is 0. The van der Waals surface area contributed by atoms with E-state index in [1.807, 2.05) is 13.8 Å². The van der Waals surface area contributed by atoms with Gasteiger partial charge >= 0.3 is 5.69 Å². The van der Waals surface area contributed by atoms with E-state index in [1.54, 1.807) is 29.2 Å². The SMILES string of the molecule is C=CCn1c(=O)c2ccccc2n(CC(=O)N(CC)CC)c1=O. The van der Waals surface area contributed by atoms with Crippen LogP contribution in [0.1, 0.15) is 13.8 Å². The van der Waals surface area contributed by atoms with E-state index in [1.165, 1.54) is 10.6 Å². The number of hydrogen-bond donors (Lipinski definition) is 0. The van der Waals surface area contributed by atoms with Crippen molar-refractivity contribution in [3.63, 3.8) is 0 Å². The lowest BCUT2D eigenvalue weighted by molar-refractivity contribution is -0.131. The summed E-state index contributed by atoms with van der Waals surface area (Å²) in [4.78, 5) is 39.1. The molecular formula is C17H21N3O3. The molecule has 122 valence electrons. The van der Waals surface area contributed by atoms with Crippen LogP contribution >= 0.6 is 0 Å². The third-order valence-electron chi connectivity index (χ3n) is 3.85. The number of benzene rings is 1. The largest absolute Gasteiger partial charge is 0.342 e. The van der Waals surface area contributed by atoms with Crippen LogP contribution in [0.5, 0.6) is 0 Å². The van der Waals surface area contributed by atoms with Crippen LogP contribution in [0, 0.1) is 0 Å². The van der Waals surface area contributed by atoms with Crippen molar-refractivity contribution in [2.75, 3.05) is 13.1 Å². The Bertz CT molecular complexity index is 844. The molecule has 2 aromatic rings. The maximum absolute atomic E-state index is 12.6. The molecule has 1 amide bonds. The Balaban J connectivity index is 2.67. The first-order chi connectivity index (χ1) is 11.0. The van der Waals surface area contributed by atoms with E-state index in [9.17, 15) is 14.4 Å². The Morgan fingerprint density at radius 1 is 1.17 bits per heavy atom. The third-order valence-corrected chi connectivity index (χ3v) is 3.85. The van der Waals surface area contributed by atoms with Crippen molar-refractivity contribution in [2.24, 2.45) is 0 Å². The molecule has 0 spiro atoms. The molecule has 1 heterocycles. The van der Waals surface area contributed by atoms with Gasteiger partial charge in [0, 0.05) is 19.6 Å². The molecule has 2 rings (SSSR count). The summed E-state index contributed by atoms with van der Waals surface area (Å²) in [6, 6.07) is 6.83. The summed E-state index contributed by atoms with van der Waals surface area (Å²) < 4.78 is 2.46. The fraction of sp³-hybridized carbons (Fsp3) is 0.353. The third kappa shape index (κ3) is 3.11. The second kappa shape index (κ2) is 7.09. The Labute approximate surface area is 134 Å². The highest BCUT2D eigenvalue weighted by molar-refractivity contribution is 5.81. The summed E-state index contributed by atoms with van der Waals surface area (Å²) in [5, 5.41) is 0.418. The Kier molecular flexibility index (Phi) is 5.16. The normalized spacial score (nSPS) is 10.7.